The maximum Gasteiger partial charge on any atom is 0.223 e. The van der Waals surface area contributed by atoms with Gasteiger partial charge in [-0.05, 0) is 17.7 Å². The van der Waals surface area contributed by atoms with Crippen LogP contribution in [-0.2, 0) is 20.9 Å². The molecular weight excluding hydrogens is 318 g/mol. The number of amides is 1. The Hall–Kier alpha value is -1.71. The van der Waals surface area contributed by atoms with Crippen molar-refractivity contribution in [3.63, 3.8) is 0 Å². The summed E-state index contributed by atoms with van der Waals surface area (Å²) in [7, 11) is 1.60. The largest absolute Gasteiger partial charge is 0.463 e. The second kappa shape index (κ2) is 8.41. The Kier molecular flexibility index (Phi) is 6.52. The lowest BCUT2D eigenvalue weighted by molar-refractivity contribution is -0.244. The van der Waals surface area contributed by atoms with E-state index >= 15 is 0 Å². The Morgan fingerprint density at radius 2 is 1.92 bits per heavy atom. The standard InChI is InChI=1S/C16H23NO7/c1-9(19)17-13-15(21)14(20)12(7-18)24-16(13)23-11-5-3-10(4-6-11)8-22-2/h3-6,12-16,18,20-21H,7-8H2,1-2H3,(H,17,19). The molecule has 2 rings (SSSR count). The molecule has 0 bridgehead atoms. The first-order valence-electron chi connectivity index (χ1n) is 7.60. The molecule has 0 spiro atoms. The predicted octanol–water partition coefficient (Wildman–Crippen LogP) is -0.844. The second-order valence-corrected chi connectivity index (χ2v) is 5.63. The van der Waals surface area contributed by atoms with Gasteiger partial charge in [-0.1, -0.05) is 12.1 Å². The Balaban J connectivity index is 2.14. The fraction of sp³-hybridized carbons (Fsp3) is 0.562. The third kappa shape index (κ3) is 4.43. The first-order chi connectivity index (χ1) is 11.5. The number of rotatable bonds is 6. The minimum Gasteiger partial charge on any atom is -0.463 e. The molecule has 24 heavy (non-hydrogen) atoms. The van der Waals surface area contributed by atoms with Crippen molar-refractivity contribution >= 4 is 5.91 Å². The van der Waals surface area contributed by atoms with Gasteiger partial charge < -0.3 is 34.8 Å². The summed E-state index contributed by atoms with van der Waals surface area (Å²) in [6, 6.07) is 6.05. The fourth-order valence-corrected chi connectivity index (χ4v) is 2.54. The van der Waals surface area contributed by atoms with Crippen LogP contribution >= 0.6 is 0 Å². The number of hydrogen-bond acceptors (Lipinski definition) is 7. The highest BCUT2D eigenvalue weighted by Crippen LogP contribution is 2.24. The lowest BCUT2D eigenvalue weighted by Crippen LogP contribution is -2.65. The third-order valence-electron chi connectivity index (χ3n) is 3.74. The van der Waals surface area contributed by atoms with E-state index < -0.39 is 43.2 Å². The van der Waals surface area contributed by atoms with Crippen molar-refractivity contribution in [3.8, 4) is 5.75 Å². The molecule has 1 amide bonds. The van der Waals surface area contributed by atoms with E-state index in [1.54, 1.807) is 19.2 Å². The number of ether oxygens (including phenoxy) is 3. The highest BCUT2D eigenvalue weighted by Gasteiger charge is 2.46. The van der Waals surface area contributed by atoms with E-state index in [0.29, 0.717) is 12.4 Å². The molecule has 1 aromatic carbocycles. The molecule has 1 fully saturated rings. The average molecular weight is 341 g/mol. The Labute approximate surface area is 140 Å². The minimum atomic E-state index is -1.34. The van der Waals surface area contributed by atoms with E-state index in [9.17, 15) is 20.1 Å². The molecule has 1 heterocycles. The number of hydrogen-bond donors (Lipinski definition) is 4. The van der Waals surface area contributed by atoms with Crippen molar-refractivity contribution in [2.24, 2.45) is 0 Å². The smallest absolute Gasteiger partial charge is 0.223 e. The van der Waals surface area contributed by atoms with Crippen LogP contribution in [0, 0.1) is 0 Å². The highest BCUT2D eigenvalue weighted by molar-refractivity contribution is 5.73. The normalized spacial score (nSPS) is 30.0. The first-order valence-corrected chi connectivity index (χ1v) is 7.60. The zero-order valence-electron chi connectivity index (χ0n) is 13.6. The van der Waals surface area contributed by atoms with Gasteiger partial charge in [-0.25, -0.2) is 0 Å². The average Bonchev–Trinajstić information content (AvgIpc) is 2.56. The number of aliphatic hydroxyl groups is 3. The van der Waals surface area contributed by atoms with Gasteiger partial charge in [0.15, 0.2) is 0 Å². The summed E-state index contributed by atoms with van der Waals surface area (Å²) in [5, 5.41) is 31.9. The van der Waals surface area contributed by atoms with Crippen LogP contribution in [0.5, 0.6) is 5.75 Å². The van der Waals surface area contributed by atoms with E-state index in [4.69, 9.17) is 14.2 Å². The third-order valence-corrected chi connectivity index (χ3v) is 3.74. The first kappa shape index (κ1) is 18.6. The van der Waals surface area contributed by atoms with Gasteiger partial charge >= 0.3 is 0 Å². The van der Waals surface area contributed by atoms with E-state index in [1.807, 2.05) is 12.1 Å². The van der Waals surface area contributed by atoms with Gasteiger partial charge in [0.05, 0.1) is 13.2 Å². The van der Waals surface area contributed by atoms with E-state index in [2.05, 4.69) is 5.32 Å². The van der Waals surface area contributed by atoms with E-state index in [-0.39, 0.29) is 0 Å². The fourth-order valence-electron chi connectivity index (χ4n) is 2.54. The molecule has 5 atom stereocenters. The van der Waals surface area contributed by atoms with Crippen LogP contribution in [0.2, 0.25) is 0 Å². The zero-order valence-corrected chi connectivity index (χ0v) is 13.6. The molecule has 0 radical (unpaired) electrons. The van der Waals surface area contributed by atoms with Gasteiger partial charge in [0.1, 0.15) is 30.1 Å². The van der Waals surface area contributed by atoms with Crippen molar-refractivity contribution < 1.29 is 34.3 Å². The maximum atomic E-state index is 11.4. The van der Waals surface area contributed by atoms with Gasteiger partial charge in [0.25, 0.3) is 0 Å². The SMILES string of the molecule is COCc1ccc(OC2OC(CO)C(O)C(O)C2NC(C)=O)cc1. The van der Waals surface area contributed by atoms with Crippen LogP contribution in [0.4, 0.5) is 0 Å². The molecule has 0 aliphatic carbocycles. The molecule has 1 aliphatic rings. The summed E-state index contributed by atoms with van der Waals surface area (Å²) in [6.45, 7) is 1.26. The number of nitrogens with one attached hydrogen (secondary N) is 1. The van der Waals surface area contributed by atoms with Crippen molar-refractivity contribution in [2.45, 2.75) is 44.2 Å². The quantitative estimate of drug-likeness (QED) is 0.533. The van der Waals surface area contributed by atoms with Crippen LogP contribution in [0.3, 0.4) is 0 Å². The highest BCUT2D eigenvalue weighted by atomic mass is 16.7. The topological polar surface area (TPSA) is 117 Å². The maximum absolute atomic E-state index is 11.4. The van der Waals surface area contributed by atoms with Crippen molar-refractivity contribution in [2.75, 3.05) is 13.7 Å². The van der Waals surface area contributed by atoms with Crippen molar-refractivity contribution in [1.29, 1.82) is 0 Å². The Morgan fingerprint density at radius 3 is 2.46 bits per heavy atom. The monoisotopic (exact) mass is 341 g/mol. The molecule has 1 saturated heterocycles. The molecule has 8 heteroatoms. The number of benzene rings is 1. The lowest BCUT2D eigenvalue weighted by atomic mass is 9.97. The summed E-state index contributed by atoms with van der Waals surface area (Å²) in [6.07, 6.45) is -4.74. The number of aliphatic hydroxyl groups excluding tert-OH is 3. The molecular formula is C16H23NO7. The van der Waals surface area contributed by atoms with Gasteiger partial charge in [-0.15, -0.1) is 0 Å². The summed E-state index contributed by atoms with van der Waals surface area (Å²) >= 11 is 0. The van der Waals surface area contributed by atoms with Crippen LogP contribution in [0.1, 0.15) is 12.5 Å². The van der Waals surface area contributed by atoms with Crippen LogP contribution in [0.15, 0.2) is 24.3 Å². The minimum absolute atomic E-state index is 0.402. The van der Waals surface area contributed by atoms with Crippen molar-refractivity contribution in [1.82, 2.24) is 5.32 Å². The number of carbonyl (C=O) groups excluding carboxylic acids is 1. The number of methoxy groups -OCH3 is 1. The second-order valence-electron chi connectivity index (χ2n) is 5.63. The van der Waals surface area contributed by atoms with Gasteiger partial charge in [-0.2, -0.15) is 0 Å². The number of carbonyl (C=O) groups is 1. The summed E-state index contributed by atoms with van der Waals surface area (Å²) in [5.41, 5.74) is 0.955. The summed E-state index contributed by atoms with van der Waals surface area (Å²) in [4.78, 5) is 11.4. The van der Waals surface area contributed by atoms with Gasteiger partial charge in [-0.3, -0.25) is 4.79 Å². The molecule has 8 nitrogen and oxygen atoms in total. The van der Waals surface area contributed by atoms with Crippen LogP contribution < -0.4 is 10.1 Å². The van der Waals surface area contributed by atoms with Gasteiger partial charge in [0, 0.05) is 14.0 Å². The van der Waals surface area contributed by atoms with Crippen LogP contribution in [-0.4, -0.2) is 65.6 Å². The summed E-state index contributed by atoms with van der Waals surface area (Å²) in [5.74, 6) is 0.0526. The van der Waals surface area contributed by atoms with Gasteiger partial charge in [0.2, 0.25) is 12.2 Å². The molecule has 4 N–H and O–H groups in total. The summed E-state index contributed by atoms with van der Waals surface area (Å²) < 4.78 is 16.2. The van der Waals surface area contributed by atoms with E-state index in [0.717, 1.165) is 5.56 Å². The van der Waals surface area contributed by atoms with Crippen LogP contribution in [0.25, 0.3) is 0 Å². The molecule has 1 aromatic rings. The molecule has 0 aromatic heterocycles. The predicted molar refractivity (Wildman–Crippen MR) is 83.1 cm³/mol. The van der Waals surface area contributed by atoms with Crippen molar-refractivity contribution in [3.05, 3.63) is 29.8 Å². The lowest BCUT2D eigenvalue weighted by Gasteiger charge is -2.42. The molecule has 1 aliphatic heterocycles. The zero-order chi connectivity index (χ0) is 17.7. The van der Waals surface area contributed by atoms with E-state index in [1.165, 1.54) is 6.92 Å². The molecule has 5 unspecified atom stereocenters. The molecule has 134 valence electrons. The Morgan fingerprint density at radius 1 is 1.25 bits per heavy atom. The Bertz CT molecular complexity index is 536. The molecule has 0 saturated carbocycles.